The van der Waals surface area contributed by atoms with E-state index in [2.05, 4.69) is 69.2 Å². The van der Waals surface area contributed by atoms with E-state index in [0.29, 0.717) is 29.2 Å². The van der Waals surface area contributed by atoms with Crippen molar-refractivity contribution in [3.05, 3.63) is 51.7 Å². The van der Waals surface area contributed by atoms with E-state index in [1.807, 2.05) is 6.92 Å². The molecule has 6 nitrogen and oxygen atoms in total. The van der Waals surface area contributed by atoms with Crippen LogP contribution in [0.15, 0.2) is 40.7 Å². The predicted molar refractivity (Wildman–Crippen MR) is 150 cm³/mol. The van der Waals surface area contributed by atoms with Crippen molar-refractivity contribution in [2.45, 2.75) is 74.1 Å². The van der Waals surface area contributed by atoms with Gasteiger partial charge in [0.25, 0.3) is 5.91 Å². The van der Waals surface area contributed by atoms with Gasteiger partial charge in [-0.15, -0.1) is 11.3 Å². The first kappa shape index (κ1) is 32.2. The van der Waals surface area contributed by atoms with Gasteiger partial charge in [0, 0.05) is 37.4 Å². The molecule has 2 rings (SSSR count). The summed E-state index contributed by atoms with van der Waals surface area (Å²) in [6.45, 7) is 14.2. The summed E-state index contributed by atoms with van der Waals surface area (Å²) < 4.78 is 0. The van der Waals surface area contributed by atoms with Gasteiger partial charge in [0.1, 0.15) is 10.7 Å². The first-order chi connectivity index (χ1) is 16.6. The lowest BCUT2D eigenvalue weighted by Crippen LogP contribution is -2.20. The molecular weight excluding hydrogens is 458 g/mol. The summed E-state index contributed by atoms with van der Waals surface area (Å²) in [6.07, 6.45) is 3.12. The first-order valence-electron chi connectivity index (χ1n) is 12.3. The summed E-state index contributed by atoms with van der Waals surface area (Å²) in [7, 11) is 1.80. The number of hydrogen-bond acceptors (Lipinski definition) is 5. The van der Waals surface area contributed by atoms with E-state index in [1.54, 1.807) is 25.4 Å². The van der Waals surface area contributed by atoms with E-state index in [0.717, 1.165) is 17.7 Å². The van der Waals surface area contributed by atoms with Gasteiger partial charge in [-0.05, 0) is 30.4 Å². The fraction of sp³-hybridized carbons (Fsp3) is 0.500. The van der Waals surface area contributed by atoms with Crippen LogP contribution in [0, 0.1) is 18.8 Å². The molecule has 0 aliphatic heterocycles. The first-order valence-corrected chi connectivity index (χ1v) is 13.2. The average Bonchev–Trinajstić information content (AvgIpc) is 3.29. The second kappa shape index (κ2) is 17.6. The van der Waals surface area contributed by atoms with Gasteiger partial charge in [0.2, 0.25) is 5.91 Å². The van der Waals surface area contributed by atoms with Crippen LogP contribution in [-0.2, 0) is 9.59 Å². The number of primary amides is 1. The van der Waals surface area contributed by atoms with Gasteiger partial charge in [-0.25, -0.2) is 0 Å². The molecule has 2 atom stereocenters. The molecule has 7 heteroatoms. The van der Waals surface area contributed by atoms with Crippen LogP contribution >= 0.6 is 11.3 Å². The van der Waals surface area contributed by atoms with Crippen LogP contribution in [0.25, 0.3) is 0 Å². The Kier molecular flexibility index (Phi) is 16.2. The number of carbonyl (C=O) groups excluding carboxylic acids is 3. The highest BCUT2D eigenvalue weighted by Gasteiger charge is 2.19. The zero-order chi connectivity index (χ0) is 27.0. The van der Waals surface area contributed by atoms with Crippen LogP contribution < -0.4 is 11.1 Å². The number of carbonyl (C=O) groups is 3. The summed E-state index contributed by atoms with van der Waals surface area (Å²) in [4.78, 5) is 38.6. The zero-order valence-corrected chi connectivity index (χ0v) is 23.4. The topological polar surface area (TPSA) is 102 Å². The minimum absolute atomic E-state index is 0.124. The standard InChI is InChI=1S/C17H25NO.C8H10N2O2S.C3H8/c1-6-13(3)16(19)11-14(4)17(18-5)15-9-7-12(2)8-10-15;1-2-6(11)10-5-3-4-13-7(5)8(9)12;1-3-2/h7-10,13-14H,6,11H2,1-5H3;3-4H,2H2,1H3,(H2,9,12)(H,10,11);3H2,1-2H3. The predicted octanol–water partition coefficient (Wildman–Crippen LogP) is 6.67. The van der Waals surface area contributed by atoms with Crippen molar-refractivity contribution in [2.24, 2.45) is 22.6 Å². The molecular formula is C28H43N3O3S. The molecule has 0 fully saturated rings. The molecule has 35 heavy (non-hydrogen) atoms. The highest BCUT2D eigenvalue weighted by atomic mass is 32.1. The Hall–Kier alpha value is -2.80. The van der Waals surface area contributed by atoms with E-state index in [1.165, 1.54) is 23.3 Å². The molecule has 2 aromatic rings. The average molecular weight is 502 g/mol. The van der Waals surface area contributed by atoms with Crippen molar-refractivity contribution in [3.8, 4) is 0 Å². The van der Waals surface area contributed by atoms with Gasteiger partial charge in [-0.1, -0.05) is 77.8 Å². The maximum atomic E-state index is 12.0. The van der Waals surface area contributed by atoms with Gasteiger partial charge in [-0.3, -0.25) is 19.4 Å². The van der Waals surface area contributed by atoms with Gasteiger partial charge in [0.05, 0.1) is 5.69 Å². The minimum Gasteiger partial charge on any atom is -0.365 e. The second-order valence-electron chi connectivity index (χ2n) is 8.49. The summed E-state index contributed by atoms with van der Waals surface area (Å²) in [5.41, 5.74) is 8.99. The number of anilines is 1. The summed E-state index contributed by atoms with van der Waals surface area (Å²) in [5, 5.41) is 4.31. The molecule has 0 aliphatic carbocycles. The molecule has 0 saturated heterocycles. The van der Waals surface area contributed by atoms with Crippen LogP contribution in [0.2, 0.25) is 0 Å². The fourth-order valence-corrected chi connectivity index (χ4v) is 3.73. The van der Waals surface area contributed by atoms with E-state index in [4.69, 9.17) is 5.73 Å². The molecule has 1 heterocycles. The number of amides is 2. The van der Waals surface area contributed by atoms with E-state index < -0.39 is 5.91 Å². The van der Waals surface area contributed by atoms with Crippen molar-refractivity contribution < 1.29 is 14.4 Å². The SMILES string of the molecule is CCC.CCC(=O)Nc1ccsc1C(N)=O.CCC(C)C(=O)CC(C)C(=NC)c1ccc(C)cc1. The number of hydrogen-bond donors (Lipinski definition) is 2. The van der Waals surface area contributed by atoms with E-state index >= 15 is 0 Å². The Morgan fingerprint density at radius 2 is 1.57 bits per heavy atom. The number of benzene rings is 1. The number of Topliss-reactive ketones (excluding diaryl/α,β-unsaturated/α-hetero) is 1. The number of aliphatic imine (C=N–C) groups is 1. The second-order valence-corrected chi connectivity index (χ2v) is 9.41. The van der Waals surface area contributed by atoms with Crippen molar-refractivity contribution in [1.82, 2.24) is 0 Å². The third kappa shape index (κ3) is 11.9. The molecule has 194 valence electrons. The van der Waals surface area contributed by atoms with Crippen LogP contribution in [0.5, 0.6) is 0 Å². The smallest absolute Gasteiger partial charge is 0.260 e. The van der Waals surface area contributed by atoms with Crippen LogP contribution in [-0.4, -0.2) is 30.4 Å². The molecule has 0 aliphatic rings. The Bertz CT molecular complexity index is 949. The molecule has 3 N–H and O–H groups in total. The van der Waals surface area contributed by atoms with Gasteiger partial charge < -0.3 is 11.1 Å². The third-order valence-electron chi connectivity index (χ3n) is 5.21. The molecule has 1 aromatic heterocycles. The monoisotopic (exact) mass is 501 g/mol. The molecule has 2 unspecified atom stereocenters. The fourth-order valence-electron chi connectivity index (χ4n) is 3.02. The lowest BCUT2D eigenvalue weighted by Gasteiger charge is -2.16. The normalized spacial score (nSPS) is 12.3. The largest absolute Gasteiger partial charge is 0.365 e. The molecule has 1 aromatic carbocycles. The number of thiophene rings is 1. The van der Waals surface area contributed by atoms with Gasteiger partial charge in [-0.2, -0.15) is 0 Å². The van der Waals surface area contributed by atoms with Crippen molar-refractivity contribution in [3.63, 3.8) is 0 Å². The van der Waals surface area contributed by atoms with Crippen molar-refractivity contribution in [2.75, 3.05) is 12.4 Å². The number of nitrogens with one attached hydrogen (secondary N) is 1. The number of nitrogens with two attached hydrogens (primary N) is 1. The summed E-state index contributed by atoms with van der Waals surface area (Å²) in [6, 6.07) is 10.0. The Balaban J connectivity index is 0.000000626. The number of ketones is 1. The van der Waals surface area contributed by atoms with E-state index in [-0.39, 0.29) is 17.7 Å². The molecule has 0 bridgehead atoms. The Labute approximate surface area is 215 Å². The van der Waals surface area contributed by atoms with Gasteiger partial charge >= 0.3 is 0 Å². The molecule has 0 spiro atoms. The number of rotatable bonds is 9. The maximum absolute atomic E-state index is 12.0. The van der Waals surface area contributed by atoms with E-state index in [9.17, 15) is 14.4 Å². The van der Waals surface area contributed by atoms with Gasteiger partial charge in [0.15, 0.2) is 0 Å². The summed E-state index contributed by atoms with van der Waals surface area (Å²) >= 11 is 1.22. The number of nitrogens with zero attached hydrogens (tertiary/aromatic N) is 1. The Morgan fingerprint density at radius 1 is 1.00 bits per heavy atom. The lowest BCUT2D eigenvalue weighted by atomic mass is 9.89. The summed E-state index contributed by atoms with van der Waals surface area (Å²) in [5.74, 6) is 0.0262. The minimum atomic E-state index is -0.513. The maximum Gasteiger partial charge on any atom is 0.260 e. The quantitative estimate of drug-likeness (QED) is 0.375. The van der Waals surface area contributed by atoms with Crippen molar-refractivity contribution in [1.29, 1.82) is 0 Å². The van der Waals surface area contributed by atoms with Crippen LogP contribution in [0.1, 0.15) is 88.0 Å². The number of aryl methyl sites for hydroxylation is 1. The lowest BCUT2D eigenvalue weighted by molar-refractivity contribution is -0.122. The van der Waals surface area contributed by atoms with Crippen LogP contribution in [0.4, 0.5) is 5.69 Å². The van der Waals surface area contributed by atoms with Crippen molar-refractivity contribution >= 4 is 40.3 Å². The highest BCUT2D eigenvalue weighted by molar-refractivity contribution is 7.12. The molecule has 2 amide bonds. The molecule has 0 saturated carbocycles. The zero-order valence-electron chi connectivity index (χ0n) is 22.6. The third-order valence-corrected chi connectivity index (χ3v) is 6.14. The Morgan fingerprint density at radius 3 is 2.03 bits per heavy atom. The molecule has 0 radical (unpaired) electrons. The highest BCUT2D eigenvalue weighted by Crippen LogP contribution is 2.21. The van der Waals surface area contributed by atoms with Crippen LogP contribution in [0.3, 0.4) is 0 Å².